The fraction of sp³-hybridized carbons (Fsp3) is 0.394. The summed E-state index contributed by atoms with van der Waals surface area (Å²) in [5.41, 5.74) is 3.83. The predicted molar refractivity (Wildman–Crippen MR) is 159 cm³/mol. The summed E-state index contributed by atoms with van der Waals surface area (Å²) < 4.78 is 24.6. The Hall–Kier alpha value is -4.27. The first kappa shape index (κ1) is 29.2. The molecule has 1 unspecified atom stereocenters. The van der Waals surface area contributed by atoms with E-state index in [-0.39, 0.29) is 23.4 Å². The molecule has 2 aromatic carbocycles. The number of hydrogen-bond donors (Lipinski definition) is 0. The van der Waals surface area contributed by atoms with E-state index in [0.717, 1.165) is 37.7 Å². The summed E-state index contributed by atoms with van der Waals surface area (Å²) in [5, 5.41) is 8.81. The number of methoxy groups -OCH3 is 1. The Balaban J connectivity index is 1.50. The highest BCUT2D eigenvalue weighted by atomic mass is 19.1. The lowest BCUT2D eigenvalue weighted by atomic mass is 9.96. The second-order valence-electron chi connectivity index (χ2n) is 11.1. The van der Waals surface area contributed by atoms with Gasteiger partial charge in [0, 0.05) is 31.4 Å². The average molecular weight is 572 g/mol. The van der Waals surface area contributed by atoms with Crippen molar-refractivity contribution < 1.29 is 18.7 Å². The van der Waals surface area contributed by atoms with Crippen LogP contribution in [0.25, 0.3) is 16.8 Å². The lowest BCUT2D eigenvalue weighted by molar-refractivity contribution is 0.0589. The number of benzene rings is 2. The zero-order chi connectivity index (χ0) is 29.8. The number of esters is 1. The second-order valence-corrected chi connectivity index (χ2v) is 11.1. The zero-order valence-electron chi connectivity index (χ0n) is 24.7. The van der Waals surface area contributed by atoms with Crippen LogP contribution in [-0.2, 0) is 18.2 Å². The molecule has 0 N–H and O–H groups in total. The normalized spacial score (nSPS) is 15.9. The summed E-state index contributed by atoms with van der Waals surface area (Å²) in [4.78, 5) is 28.1. The Kier molecular flexibility index (Phi) is 8.85. The number of carbonyl (C=O) groups is 2. The second kappa shape index (κ2) is 12.7. The van der Waals surface area contributed by atoms with Gasteiger partial charge < -0.3 is 9.64 Å². The highest BCUT2D eigenvalue weighted by Crippen LogP contribution is 2.31. The number of nitrogens with zero attached hydrogens (tertiary/aromatic N) is 5. The maximum absolute atomic E-state index is 16.1. The van der Waals surface area contributed by atoms with Gasteiger partial charge in [0.1, 0.15) is 11.4 Å². The van der Waals surface area contributed by atoms with Crippen LogP contribution in [0.3, 0.4) is 0 Å². The van der Waals surface area contributed by atoms with E-state index < -0.39 is 11.8 Å². The van der Waals surface area contributed by atoms with Crippen molar-refractivity contribution in [3.05, 3.63) is 89.3 Å². The number of carbonyl (C=O) groups excluding carboxylic acids is 2. The van der Waals surface area contributed by atoms with E-state index in [1.165, 1.54) is 13.3 Å². The topological polar surface area (TPSA) is 82.2 Å². The number of likely N-dealkylation sites (tertiary alicyclic amines) is 1. The molecule has 2 atom stereocenters. The van der Waals surface area contributed by atoms with Crippen molar-refractivity contribution in [1.29, 1.82) is 0 Å². The molecule has 0 bridgehead atoms. The van der Waals surface area contributed by atoms with Gasteiger partial charge in [-0.15, -0.1) is 0 Å². The fourth-order valence-electron chi connectivity index (χ4n) is 5.96. The van der Waals surface area contributed by atoms with Crippen LogP contribution in [0.4, 0.5) is 4.39 Å². The summed E-state index contributed by atoms with van der Waals surface area (Å²) in [6.45, 7) is 4.84. The third kappa shape index (κ3) is 5.86. The van der Waals surface area contributed by atoms with Gasteiger partial charge in [0.25, 0.3) is 5.91 Å². The molecule has 1 aliphatic rings. The summed E-state index contributed by atoms with van der Waals surface area (Å²) >= 11 is 0. The van der Waals surface area contributed by atoms with Crippen molar-refractivity contribution >= 4 is 11.9 Å². The van der Waals surface area contributed by atoms with E-state index in [9.17, 15) is 9.59 Å². The van der Waals surface area contributed by atoms with Crippen LogP contribution in [-0.4, -0.2) is 56.0 Å². The van der Waals surface area contributed by atoms with Gasteiger partial charge in [-0.25, -0.2) is 13.9 Å². The Morgan fingerprint density at radius 1 is 1.10 bits per heavy atom. The molecule has 5 rings (SSSR count). The molecule has 8 nitrogen and oxygen atoms in total. The first-order chi connectivity index (χ1) is 20.3. The first-order valence-electron chi connectivity index (χ1n) is 14.7. The molecule has 0 spiro atoms. The predicted octanol–water partition coefficient (Wildman–Crippen LogP) is 6.34. The highest BCUT2D eigenvalue weighted by molar-refractivity contribution is 5.96. The molecule has 0 radical (unpaired) electrons. The molecule has 9 heteroatoms. The van der Waals surface area contributed by atoms with Crippen LogP contribution >= 0.6 is 0 Å². The maximum Gasteiger partial charge on any atom is 0.341 e. The lowest BCUT2D eigenvalue weighted by Gasteiger charge is -2.36. The largest absolute Gasteiger partial charge is 0.465 e. The van der Waals surface area contributed by atoms with Gasteiger partial charge in [0.05, 0.1) is 36.4 Å². The lowest BCUT2D eigenvalue weighted by Crippen LogP contribution is -2.44. The maximum atomic E-state index is 16.1. The van der Waals surface area contributed by atoms with Gasteiger partial charge in [-0.3, -0.25) is 9.48 Å². The molecule has 1 fully saturated rings. The molecule has 1 aliphatic heterocycles. The van der Waals surface area contributed by atoms with Gasteiger partial charge in [-0.2, -0.15) is 10.2 Å². The van der Waals surface area contributed by atoms with E-state index in [0.29, 0.717) is 41.0 Å². The van der Waals surface area contributed by atoms with Gasteiger partial charge in [-0.1, -0.05) is 44.5 Å². The summed E-state index contributed by atoms with van der Waals surface area (Å²) in [7, 11) is 3.21. The minimum absolute atomic E-state index is 0.0483. The number of aryl methyl sites for hydroxylation is 1. The minimum Gasteiger partial charge on any atom is -0.465 e. The van der Waals surface area contributed by atoms with Gasteiger partial charge in [-0.05, 0) is 67.3 Å². The average Bonchev–Trinajstić information content (AvgIpc) is 3.63. The number of rotatable bonds is 9. The van der Waals surface area contributed by atoms with Crippen molar-refractivity contribution in [3.63, 3.8) is 0 Å². The Labute approximate surface area is 246 Å². The van der Waals surface area contributed by atoms with Crippen molar-refractivity contribution in [2.45, 2.75) is 64.3 Å². The highest BCUT2D eigenvalue weighted by Gasteiger charge is 2.29. The van der Waals surface area contributed by atoms with Gasteiger partial charge in [0.2, 0.25) is 0 Å². The van der Waals surface area contributed by atoms with Crippen molar-refractivity contribution in [1.82, 2.24) is 24.5 Å². The fourth-order valence-corrected chi connectivity index (χ4v) is 5.96. The number of hydrogen-bond acceptors (Lipinski definition) is 5. The van der Waals surface area contributed by atoms with Crippen LogP contribution in [0.15, 0.2) is 61.1 Å². The summed E-state index contributed by atoms with van der Waals surface area (Å²) in [5.74, 6) is -1.19. The quantitative estimate of drug-likeness (QED) is 0.219. The monoisotopic (exact) mass is 571 g/mol. The SMILES string of the molecule is CCC[C@@H]1CCCCN1C(=O)c1cccc(-c2cccc(-n3ncc(C(=O)OC)c3CC(C)c3cnn(C)c3)c2)c1F. The number of ether oxygens (including phenoxy) is 1. The number of aromatic nitrogens is 4. The van der Waals surface area contributed by atoms with Crippen molar-refractivity contribution in [2.75, 3.05) is 13.7 Å². The van der Waals surface area contributed by atoms with Crippen LogP contribution in [0, 0.1) is 5.82 Å². The molecule has 0 saturated carbocycles. The zero-order valence-corrected chi connectivity index (χ0v) is 24.7. The Morgan fingerprint density at radius 3 is 2.64 bits per heavy atom. The Morgan fingerprint density at radius 2 is 1.90 bits per heavy atom. The summed E-state index contributed by atoms with van der Waals surface area (Å²) in [6.07, 6.45) is 10.7. The standard InChI is InChI=1S/C33H38FN5O3/c1-5-10-25-12-6-7-16-38(25)32(40)28-15-9-14-27(31(28)34)23-11-8-13-26(18-23)39-30(29(20-36-39)33(41)42-4)17-22(2)24-19-35-37(3)21-24/h8-9,11,13-15,18-22,25H,5-7,10,12,16-17H2,1-4H3/t22?,25-/m1/s1. The van der Waals surface area contributed by atoms with Gasteiger partial charge >= 0.3 is 5.97 Å². The molecular weight excluding hydrogens is 533 g/mol. The third-order valence-electron chi connectivity index (χ3n) is 8.21. The molecule has 4 aromatic rings. The number of piperidine rings is 1. The minimum atomic E-state index is -0.526. The van der Waals surface area contributed by atoms with E-state index in [2.05, 4.69) is 24.0 Å². The van der Waals surface area contributed by atoms with E-state index in [1.54, 1.807) is 27.6 Å². The van der Waals surface area contributed by atoms with Crippen LogP contribution in [0.5, 0.6) is 0 Å². The summed E-state index contributed by atoms with van der Waals surface area (Å²) in [6, 6.07) is 12.5. The smallest absolute Gasteiger partial charge is 0.341 e. The van der Waals surface area contributed by atoms with E-state index in [4.69, 9.17) is 4.74 Å². The van der Waals surface area contributed by atoms with Gasteiger partial charge in [0.15, 0.2) is 0 Å². The Bertz CT molecular complexity index is 1570. The van der Waals surface area contributed by atoms with Crippen LogP contribution in [0.1, 0.15) is 83.8 Å². The molecule has 1 saturated heterocycles. The molecular formula is C33H38FN5O3. The van der Waals surface area contributed by atoms with Crippen LogP contribution in [0.2, 0.25) is 0 Å². The van der Waals surface area contributed by atoms with E-state index in [1.807, 2.05) is 48.6 Å². The van der Waals surface area contributed by atoms with Crippen LogP contribution < -0.4 is 0 Å². The molecule has 0 aliphatic carbocycles. The first-order valence-corrected chi connectivity index (χ1v) is 14.7. The number of halogens is 1. The third-order valence-corrected chi connectivity index (χ3v) is 8.21. The molecule has 220 valence electrons. The molecule has 3 heterocycles. The molecule has 42 heavy (non-hydrogen) atoms. The van der Waals surface area contributed by atoms with E-state index >= 15 is 4.39 Å². The number of amides is 1. The van der Waals surface area contributed by atoms with Crippen molar-refractivity contribution in [2.24, 2.45) is 7.05 Å². The molecule has 1 amide bonds. The van der Waals surface area contributed by atoms with Crippen molar-refractivity contribution in [3.8, 4) is 16.8 Å². The molecule has 2 aromatic heterocycles.